The number of Topliss-reactive ketones (excluding diaryl/α,β-unsaturated/α-hetero) is 1. The molecule has 0 aliphatic rings. The van der Waals surface area contributed by atoms with E-state index in [0.29, 0.717) is 23.0 Å². The molecule has 0 spiro atoms. The smallest absolute Gasteiger partial charge is 0.229 e. The van der Waals surface area contributed by atoms with Crippen molar-refractivity contribution in [2.24, 2.45) is 0 Å². The lowest BCUT2D eigenvalue weighted by molar-refractivity contribution is 0.101. The van der Waals surface area contributed by atoms with Crippen LogP contribution in [0.4, 0.5) is 27.5 Å². The number of halogens is 2. The van der Waals surface area contributed by atoms with Crippen molar-refractivity contribution in [1.29, 1.82) is 0 Å². The van der Waals surface area contributed by atoms with Gasteiger partial charge in [-0.25, -0.2) is 9.37 Å². The summed E-state index contributed by atoms with van der Waals surface area (Å²) in [5.74, 6) is 0.373. The van der Waals surface area contributed by atoms with Crippen LogP contribution in [0.25, 0.3) is 0 Å². The highest BCUT2D eigenvalue weighted by Crippen LogP contribution is 2.22. The zero-order valence-electron chi connectivity index (χ0n) is 13.3. The highest BCUT2D eigenvalue weighted by Gasteiger charge is 2.05. The predicted octanol–water partition coefficient (Wildman–Crippen LogP) is 4.96. The summed E-state index contributed by atoms with van der Waals surface area (Å²) in [6, 6.07) is 13.1. The van der Waals surface area contributed by atoms with Crippen LogP contribution in [0.15, 0.2) is 54.7 Å². The first-order chi connectivity index (χ1) is 12.0. The Bertz CT molecular complexity index is 932. The minimum Gasteiger partial charge on any atom is -0.340 e. The van der Waals surface area contributed by atoms with Gasteiger partial charge in [0.2, 0.25) is 5.95 Å². The van der Waals surface area contributed by atoms with Crippen molar-refractivity contribution in [2.75, 3.05) is 10.6 Å². The topological polar surface area (TPSA) is 66.9 Å². The average Bonchev–Trinajstić information content (AvgIpc) is 2.59. The van der Waals surface area contributed by atoms with E-state index in [1.807, 2.05) is 6.07 Å². The molecule has 2 aromatic carbocycles. The maximum absolute atomic E-state index is 13.2. The molecule has 0 radical (unpaired) electrons. The molecule has 126 valence electrons. The second-order valence-electron chi connectivity index (χ2n) is 5.28. The number of nitrogens with one attached hydrogen (secondary N) is 2. The first kappa shape index (κ1) is 16.9. The molecule has 3 aromatic rings. The molecule has 0 unspecified atom stereocenters. The third kappa shape index (κ3) is 4.30. The largest absolute Gasteiger partial charge is 0.340 e. The lowest BCUT2D eigenvalue weighted by atomic mass is 10.1. The van der Waals surface area contributed by atoms with Gasteiger partial charge < -0.3 is 10.6 Å². The van der Waals surface area contributed by atoms with Crippen LogP contribution < -0.4 is 10.6 Å². The number of hydrogen-bond donors (Lipinski definition) is 2. The maximum Gasteiger partial charge on any atom is 0.229 e. The Hall–Kier alpha value is -2.99. The van der Waals surface area contributed by atoms with E-state index >= 15 is 0 Å². The standard InChI is InChI=1S/C18H14ClFN4O/c1-11(25)12-3-2-4-13(9-12)22-17-7-8-21-18(24-17)23-14-5-6-16(20)15(19)10-14/h2-10H,1H3,(H2,21,22,23,24). The molecule has 2 N–H and O–H groups in total. The molecule has 3 rings (SSSR count). The molecule has 0 aliphatic heterocycles. The van der Waals surface area contributed by atoms with Crippen molar-refractivity contribution in [3.8, 4) is 0 Å². The van der Waals surface area contributed by atoms with Crippen LogP contribution in [0.3, 0.4) is 0 Å². The number of aromatic nitrogens is 2. The number of rotatable bonds is 5. The summed E-state index contributed by atoms with van der Waals surface area (Å²) in [7, 11) is 0. The lowest BCUT2D eigenvalue weighted by Gasteiger charge is -2.09. The minimum absolute atomic E-state index is 0.0121. The number of ketones is 1. The van der Waals surface area contributed by atoms with E-state index in [1.54, 1.807) is 36.5 Å². The van der Waals surface area contributed by atoms with Crippen LogP contribution in [0, 0.1) is 5.82 Å². The van der Waals surface area contributed by atoms with Crippen molar-refractivity contribution in [3.05, 3.63) is 71.1 Å². The molecule has 0 saturated carbocycles. The van der Waals surface area contributed by atoms with Gasteiger partial charge in [-0.15, -0.1) is 0 Å². The molecule has 0 amide bonds. The van der Waals surface area contributed by atoms with Crippen molar-refractivity contribution in [1.82, 2.24) is 9.97 Å². The molecule has 0 atom stereocenters. The fourth-order valence-corrected chi connectivity index (χ4v) is 2.34. The fourth-order valence-electron chi connectivity index (χ4n) is 2.16. The summed E-state index contributed by atoms with van der Waals surface area (Å²) in [4.78, 5) is 19.9. The van der Waals surface area contributed by atoms with Crippen molar-refractivity contribution in [3.63, 3.8) is 0 Å². The Morgan fingerprint density at radius 3 is 2.64 bits per heavy atom. The Balaban J connectivity index is 1.78. The maximum atomic E-state index is 13.2. The SMILES string of the molecule is CC(=O)c1cccc(Nc2ccnc(Nc3ccc(F)c(Cl)c3)n2)c1. The van der Waals surface area contributed by atoms with E-state index in [1.165, 1.54) is 19.1 Å². The number of carbonyl (C=O) groups is 1. The number of anilines is 4. The normalized spacial score (nSPS) is 10.4. The lowest BCUT2D eigenvalue weighted by Crippen LogP contribution is -2.01. The Kier molecular flexibility index (Phi) is 4.90. The first-order valence-corrected chi connectivity index (χ1v) is 7.82. The monoisotopic (exact) mass is 356 g/mol. The van der Waals surface area contributed by atoms with Gasteiger partial charge in [0, 0.05) is 23.1 Å². The van der Waals surface area contributed by atoms with Gasteiger partial charge in [0.05, 0.1) is 5.02 Å². The van der Waals surface area contributed by atoms with Crippen LogP contribution in [0.5, 0.6) is 0 Å². The molecule has 0 bridgehead atoms. The van der Waals surface area contributed by atoms with E-state index in [4.69, 9.17) is 11.6 Å². The molecule has 0 saturated heterocycles. The Morgan fingerprint density at radius 1 is 1.08 bits per heavy atom. The summed E-state index contributed by atoms with van der Waals surface area (Å²) in [5.41, 5.74) is 1.92. The molecule has 0 aliphatic carbocycles. The highest BCUT2D eigenvalue weighted by molar-refractivity contribution is 6.31. The van der Waals surface area contributed by atoms with E-state index in [2.05, 4.69) is 20.6 Å². The fraction of sp³-hybridized carbons (Fsp3) is 0.0556. The van der Waals surface area contributed by atoms with Crippen LogP contribution in [0.1, 0.15) is 17.3 Å². The third-order valence-corrected chi connectivity index (χ3v) is 3.66. The predicted molar refractivity (Wildman–Crippen MR) is 96.5 cm³/mol. The van der Waals surface area contributed by atoms with Gasteiger partial charge in [0.25, 0.3) is 0 Å². The minimum atomic E-state index is -0.492. The van der Waals surface area contributed by atoms with Gasteiger partial charge in [0.15, 0.2) is 5.78 Å². The summed E-state index contributed by atoms with van der Waals surface area (Å²) >= 11 is 5.76. The summed E-state index contributed by atoms with van der Waals surface area (Å²) < 4.78 is 13.2. The second-order valence-corrected chi connectivity index (χ2v) is 5.69. The van der Waals surface area contributed by atoms with Gasteiger partial charge >= 0.3 is 0 Å². The van der Waals surface area contributed by atoms with Crippen LogP contribution in [0.2, 0.25) is 5.02 Å². The van der Waals surface area contributed by atoms with Crippen LogP contribution in [-0.2, 0) is 0 Å². The number of carbonyl (C=O) groups excluding carboxylic acids is 1. The Morgan fingerprint density at radius 2 is 1.88 bits per heavy atom. The molecule has 0 fully saturated rings. The van der Waals surface area contributed by atoms with Crippen molar-refractivity contribution >= 4 is 40.5 Å². The molecule has 25 heavy (non-hydrogen) atoms. The molecule has 1 aromatic heterocycles. The highest BCUT2D eigenvalue weighted by atomic mass is 35.5. The zero-order valence-corrected chi connectivity index (χ0v) is 14.0. The molecule has 7 heteroatoms. The van der Waals surface area contributed by atoms with Gasteiger partial charge in [-0.3, -0.25) is 4.79 Å². The van der Waals surface area contributed by atoms with Crippen molar-refractivity contribution in [2.45, 2.75) is 6.92 Å². The number of benzene rings is 2. The number of nitrogens with zero attached hydrogens (tertiary/aromatic N) is 2. The number of hydrogen-bond acceptors (Lipinski definition) is 5. The van der Waals surface area contributed by atoms with E-state index < -0.39 is 5.82 Å². The van der Waals surface area contributed by atoms with Crippen LogP contribution in [-0.4, -0.2) is 15.8 Å². The molecule has 5 nitrogen and oxygen atoms in total. The third-order valence-electron chi connectivity index (χ3n) is 3.37. The van der Waals surface area contributed by atoms with Crippen molar-refractivity contribution < 1.29 is 9.18 Å². The van der Waals surface area contributed by atoms with E-state index in [-0.39, 0.29) is 10.8 Å². The van der Waals surface area contributed by atoms with Gasteiger partial charge in [-0.05, 0) is 43.3 Å². The van der Waals surface area contributed by atoms with Gasteiger partial charge in [0.1, 0.15) is 11.6 Å². The molecular weight excluding hydrogens is 343 g/mol. The van der Waals surface area contributed by atoms with Gasteiger partial charge in [-0.1, -0.05) is 23.7 Å². The zero-order chi connectivity index (χ0) is 17.8. The first-order valence-electron chi connectivity index (χ1n) is 7.44. The molecular formula is C18H14ClFN4O. The van der Waals surface area contributed by atoms with Gasteiger partial charge in [-0.2, -0.15) is 4.98 Å². The van der Waals surface area contributed by atoms with E-state index in [9.17, 15) is 9.18 Å². The summed E-state index contributed by atoms with van der Waals surface area (Å²) in [6.07, 6.45) is 1.58. The second kappa shape index (κ2) is 7.27. The quantitative estimate of drug-likeness (QED) is 0.632. The molecule has 1 heterocycles. The Labute approximate surface area is 148 Å². The average molecular weight is 357 g/mol. The summed E-state index contributed by atoms with van der Waals surface area (Å²) in [5, 5.41) is 6.09. The van der Waals surface area contributed by atoms with Crippen LogP contribution >= 0.6 is 11.6 Å². The summed E-state index contributed by atoms with van der Waals surface area (Å²) in [6.45, 7) is 1.51. The van der Waals surface area contributed by atoms with E-state index in [0.717, 1.165) is 5.69 Å².